The fourth-order valence-electron chi connectivity index (χ4n) is 3.09. The van der Waals surface area contributed by atoms with E-state index in [0.717, 1.165) is 11.1 Å². The molecule has 154 valence electrons. The lowest BCUT2D eigenvalue weighted by molar-refractivity contribution is 0.175. The number of benzene rings is 2. The summed E-state index contributed by atoms with van der Waals surface area (Å²) >= 11 is 0. The van der Waals surface area contributed by atoms with Crippen LogP contribution >= 0.6 is 0 Å². The van der Waals surface area contributed by atoms with Crippen LogP contribution in [-0.4, -0.2) is 56.9 Å². The molecule has 2 aromatic rings. The molecule has 7 nitrogen and oxygen atoms in total. The number of carbonyl (C=O) groups is 1. The van der Waals surface area contributed by atoms with Crippen molar-refractivity contribution in [2.75, 3.05) is 33.3 Å². The van der Waals surface area contributed by atoms with Gasteiger partial charge in [-0.2, -0.15) is 4.31 Å². The lowest BCUT2D eigenvalue weighted by atomic mass is 10.2. The summed E-state index contributed by atoms with van der Waals surface area (Å²) in [7, 11) is -1.95. The number of carbonyl (C=O) groups excluding carboxylic acids is 1. The SMILES string of the molecule is COc1ccccc1/C=C/NC(=O)N1CCN(S(=O)(=O)c2ccc(C)cc2)CC1. The van der Waals surface area contributed by atoms with Crippen molar-refractivity contribution < 1.29 is 17.9 Å². The third kappa shape index (κ3) is 4.96. The minimum Gasteiger partial charge on any atom is -0.496 e. The number of rotatable bonds is 5. The van der Waals surface area contributed by atoms with Crippen LogP contribution in [0, 0.1) is 6.92 Å². The van der Waals surface area contributed by atoms with E-state index in [1.54, 1.807) is 48.6 Å². The molecule has 29 heavy (non-hydrogen) atoms. The first-order valence-corrected chi connectivity index (χ1v) is 10.8. The molecule has 2 amide bonds. The summed E-state index contributed by atoms with van der Waals surface area (Å²) < 4.78 is 32.2. The largest absolute Gasteiger partial charge is 0.496 e. The Morgan fingerprint density at radius 1 is 1.03 bits per heavy atom. The summed E-state index contributed by atoms with van der Waals surface area (Å²) in [6.45, 7) is 3.11. The molecule has 0 radical (unpaired) electrons. The Bertz CT molecular complexity index is 979. The summed E-state index contributed by atoms with van der Waals surface area (Å²) in [4.78, 5) is 14.3. The van der Waals surface area contributed by atoms with E-state index in [0.29, 0.717) is 18.8 Å². The number of aryl methyl sites for hydroxylation is 1. The molecule has 0 saturated carbocycles. The van der Waals surface area contributed by atoms with Crippen LogP contribution in [0.5, 0.6) is 5.75 Å². The monoisotopic (exact) mass is 415 g/mol. The van der Waals surface area contributed by atoms with Crippen molar-refractivity contribution in [2.24, 2.45) is 0 Å². The molecule has 1 heterocycles. The van der Waals surface area contributed by atoms with Gasteiger partial charge in [-0.15, -0.1) is 0 Å². The first-order chi connectivity index (χ1) is 13.9. The van der Waals surface area contributed by atoms with E-state index in [1.165, 1.54) is 4.31 Å². The van der Waals surface area contributed by atoms with Crippen LogP contribution in [0.1, 0.15) is 11.1 Å². The number of urea groups is 1. The lowest BCUT2D eigenvalue weighted by Gasteiger charge is -2.33. The number of para-hydroxylation sites is 1. The second-order valence-electron chi connectivity index (χ2n) is 6.73. The Morgan fingerprint density at radius 3 is 2.34 bits per heavy atom. The third-order valence-corrected chi connectivity index (χ3v) is 6.71. The quantitative estimate of drug-likeness (QED) is 0.814. The Morgan fingerprint density at radius 2 is 1.69 bits per heavy atom. The molecule has 1 aliphatic heterocycles. The van der Waals surface area contributed by atoms with E-state index in [-0.39, 0.29) is 24.0 Å². The number of hydrogen-bond acceptors (Lipinski definition) is 4. The van der Waals surface area contributed by atoms with Crippen LogP contribution < -0.4 is 10.1 Å². The molecule has 0 aromatic heterocycles. The minimum absolute atomic E-state index is 0.261. The van der Waals surface area contributed by atoms with Gasteiger partial charge in [0.2, 0.25) is 10.0 Å². The normalized spacial score (nSPS) is 15.4. The zero-order valence-electron chi connectivity index (χ0n) is 16.5. The lowest BCUT2D eigenvalue weighted by Crippen LogP contribution is -2.52. The molecule has 3 rings (SSSR count). The van der Waals surface area contributed by atoms with Crippen molar-refractivity contribution >= 4 is 22.1 Å². The predicted octanol–water partition coefficient (Wildman–Crippen LogP) is 2.69. The van der Waals surface area contributed by atoms with E-state index in [1.807, 2.05) is 31.2 Å². The predicted molar refractivity (Wildman–Crippen MR) is 112 cm³/mol. The summed E-state index contributed by atoms with van der Waals surface area (Å²) in [5.41, 5.74) is 1.86. The average molecular weight is 416 g/mol. The second-order valence-corrected chi connectivity index (χ2v) is 8.67. The van der Waals surface area contributed by atoms with Gasteiger partial charge >= 0.3 is 6.03 Å². The minimum atomic E-state index is -3.54. The van der Waals surface area contributed by atoms with Crippen LogP contribution in [0.15, 0.2) is 59.6 Å². The van der Waals surface area contributed by atoms with E-state index in [9.17, 15) is 13.2 Å². The number of piperazine rings is 1. The van der Waals surface area contributed by atoms with Gasteiger partial charge in [0.15, 0.2) is 0 Å². The zero-order valence-corrected chi connectivity index (χ0v) is 17.4. The molecule has 0 bridgehead atoms. The van der Waals surface area contributed by atoms with E-state index >= 15 is 0 Å². The number of nitrogens with zero attached hydrogens (tertiary/aromatic N) is 2. The van der Waals surface area contributed by atoms with Crippen molar-refractivity contribution in [3.63, 3.8) is 0 Å². The molecule has 1 N–H and O–H groups in total. The highest BCUT2D eigenvalue weighted by atomic mass is 32.2. The molecule has 0 unspecified atom stereocenters. The van der Waals surface area contributed by atoms with E-state index < -0.39 is 10.0 Å². The van der Waals surface area contributed by atoms with Crippen LogP contribution in [-0.2, 0) is 10.0 Å². The number of methoxy groups -OCH3 is 1. The molecule has 8 heteroatoms. The maximum atomic E-state index is 12.7. The number of sulfonamides is 1. The Hall–Kier alpha value is -2.84. The standard InChI is InChI=1S/C21H25N3O4S/c1-17-7-9-19(10-8-17)29(26,27)24-15-13-23(14-16-24)21(25)22-12-11-18-5-3-4-6-20(18)28-2/h3-12H,13-16H2,1-2H3,(H,22,25)/b12-11+. The number of nitrogens with one attached hydrogen (secondary N) is 1. The zero-order chi connectivity index (χ0) is 20.9. The van der Waals surface area contributed by atoms with Gasteiger partial charge in [-0.3, -0.25) is 0 Å². The maximum Gasteiger partial charge on any atom is 0.321 e. The average Bonchev–Trinajstić information content (AvgIpc) is 2.74. The maximum absolute atomic E-state index is 12.7. The highest BCUT2D eigenvalue weighted by Gasteiger charge is 2.29. The highest BCUT2D eigenvalue weighted by molar-refractivity contribution is 7.89. The van der Waals surface area contributed by atoms with Gasteiger partial charge in [-0.25, -0.2) is 13.2 Å². The number of hydrogen-bond donors (Lipinski definition) is 1. The highest BCUT2D eigenvalue weighted by Crippen LogP contribution is 2.19. The van der Waals surface area contributed by atoms with Gasteiger partial charge in [0.1, 0.15) is 5.75 Å². The van der Waals surface area contributed by atoms with Gasteiger partial charge in [0, 0.05) is 37.9 Å². The van der Waals surface area contributed by atoms with Crippen molar-refractivity contribution in [2.45, 2.75) is 11.8 Å². The van der Waals surface area contributed by atoms with E-state index in [2.05, 4.69) is 5.32 Å². The summed E-state index contributed by atoms with van der Waals surface area (Å²) in [6, 6.07) is 14.0. The van der Waals surface area contributed by atoms with Gasteiger partial charge < -0.3 is 15.0 Å². The fourth-order valence-corrected chi connectivity index (χ4v) is 4.51. The van der Waals surface area contributed by atoms with Crippen LogP contribution in [0.4, 0.5) is 4.79 Å². The number of amides is 2. The first-order valence-electron chi connectivity index (χ1n) is 9.33. The molecule has 1 saturated heterocycles. The van der Waals surface area contributed by atoms with Crippen LogP contribution in [0.3, 0.4) is 0 Å². The van der Waals surface area contributed by atoms with Gasteiger partial charge in [0.05, 0.1) is 12.0 Å². The van der Waals surface area contributed by atoms with Gasteiger partial charge in [0.25, 0.3) is 0 Å². The number of ether oxygens (including phenoxy) is 1. The molecule has 1 fully saturated rings. The van der Waals surface area contributed by atoms with Crippen molar-refractivity contribution in [3.05, 3.63) is 65.9 Å². The molecule has 0 spiro atoms. The Kier molecular flexibility index (Phi) is 6.56. The molecule has 0 atom stereocenters. The summed E-state index contributed by atoms with van der Waals surface area (Å²) in [5, 5.41) is 2.73. The summed E-state index contributed by atoms with van der Waals surface area (Å²) in [6.07, 6.45) is 3.32. The molecule has 0 aliphatic carbocycles. The summed E-state index contributed by atoms with van der Waals surface area (Å²) in [5.74, 6) is 0.716. The van der Waals surface area contributed by atoms with Gasteiger partial charge in [-0.1, -0.05) is 35.9 Å². The molecule has 2 aromatic carbocycles. The topological polar surface area (TPSA) is 79.0 Å². The fraction of sp³-hybridized carbons (Fsp3) is 0.286. The Labute approximate surface area is 171 Å². The first kappa shape index (κ1) is 20.9. The van der Waals surface area contributed by atoms with Crippen LogP contribution in [0.2, 0.25) is 0 Å². The van der Waals surface area contributed by atoms with Crippen molar-refractivity contribution in [3.8, 4) is 5.75 Å². The Balaban J connectivity index is 1.55. The third-order valence-electron chi connectivity index (χ3n) is 4.79. The van der Waals surface area contributed by atoms with Crippen molar-refractivity contribution in [1.82, 2.24) is 14.5 Å². The second kappa shape index (κ2) is 9.11. The molecule has 1 aliphatic rings. The molecular formula is C21H25N3O4S. The smallest absolute Gasteiger partial charge is 0.321 e. The molecular weight excluding hydrogens is 390 g/mol. The van der Waals surface area contributed by atoms with E-state index in [4.69, 9.17) is 4.74 Å². The van der Waals surface area contributed by atoms with Gasteiger partial charge in [-0.05, 0) is 31.2 Å². The van der Waals surface area contributed by atoms with Crippen LogP contribution in [0.25, 0.3) is 6.08 Å². The van der Waals surface area contributed by atoms with Crippen molar-refractivity contribution in [1.29, 1.82) is 0 Å².